The van der Waals surface area contributed by atoms with Crippen molar-refractivity contribution in [3.05, 3.63) is 59.0 Å². The van der Waals surface area contributed by atoms with Crippen LogP contribution < -0.4 is 5.56 Å². The van der Waals surface area contributed by atoms with Crippen LogP contribution in [0.2, 0.25) is 0 Å². The Labute approximate surface area is 159 Å². The quantitative estimate of drug-likeness (QED) is 0.715. The molecule has 146 valence electrons. The Bertz CT molecular complexity index is 1080. The fourth-order valence-electron chi connectivity index (χ4n) is 3.57. The summed E-state index contributed by atoms with van der Waals surface area (Å²) in [4.78, 5) is 29.5. The van der Waals surface area contributed by atoms with Crippen LogP contribution in [-0.4, -0.2) is 54.0 Å². The Morgan fingerprint density at radius 2 is 1.86 bits per heavy atom. The second kappa shape index (κ2) is 6.75. The fourth-order valence-corrected chi connectivity index (χ4v) is 3.57. The van der Waals surface area contributed by atoms with Gasteiger partial charge in [-0.3, -0.25) is 9.36 Å². The molecule has 0 bridgehead atoms. The minimum absolute atomic E-state index is 0.0456. The molecule has 1 aliphatic heterocycles. The minimum Gasteiger partial charge on any atom is -0.465 e. The van der Waals surface area contributed by atoms with E-state index in [0.717, 1.165) is 0 Å². The molecule has 0 atom stereocenters. The zero-order chi connectivity index (χ0) is 19.9. The van der Waals surface area contributed by atoms with E-state index in [1.54, 1.807) is 29.0 Å². The summed E-state index contributed by atoms with van der Waals surface area (Å²) in [6.07, 6.45) is 2.56. The molecule has 4 rings (SSSR count). The molecule has 3 heterocycles. The molecule has 0 saturated carbocycles. The number of hydrogen-bond donors (Lipinski definition) is 2. The number of carbonyl (C=O) groups is 1. The van der Waals surface area contributed by atoms with Gasteiger partial charge in [-0.15, -0.1) is 0 Å². The molecule has 2 N–H and O–H groups in total. The number of likely N-dealkylation sites (tertiary alicyclic amines) is 1. The van der Waals surface area contributed by atoms with Crippen LogP contribution in [0.3, 0.4) is 0 Å². The first-order valence-electron chi connectivity index (χ1n) is 8.89. The number of amides is 1. The lowest BCUT2D eigenvalue weighted by Crippen LogP contribution is -2.49. The predicted octanol–water partition coefficient (Wildman–Crippen LogP) is 1.83. The van der Waals surface area contributed by atoms with Crippen LogP contribution in [0.25, 0.3) is 16.7 Å². The highest BCUT2D eigenvalue weighted by atomic mass is 19.1. The second-order valence-corrected chi connectivity index (χ2v) is 7.07. The lowest BCUT2D eigenvalue weighted by atomic mass is 9.91. The molecule has 0 spiro atoms. The van der Waals surface area contributed by atoms with Crippen molar-refractivity contribution in [1.82, 2.24) is 19.0 Å². The van der Waals surface area contributed by atoms with Gasteiger partial charge in [0.1, 0.15) is 12.1 Å². The van der Waals surface area contributed by atoms with Crippen LogP contribution >= 0.6 is 0 Å². The first-order chi connectivity index (χ1) is 13.4. The third kappa shape index (κ3) is 3.24. The zero-order valence-electron chi connectivity index (χ0n) is 15.0. The second-order valence-electron chi connectivity index (χ2n) is 7.07. The number of aromatic nitrogens is 3. The summed E-state index contributed by atoms with van der Waals surface area (Å²) in [5.41, 5.74) is -0.328. The van der Waals surface area contributed by atoms with Gasteiger partial charge in [0.25, 0.3) is 5.56 Å². The first kappa shape index (κ1) is 18.2. The van der Waals surface area contributed by atoms with E-state index < -0.39 is 11.7 Å². The standard InChI is InChI=1S/C19H19FN4O4/c20-13-1-3-14(4-2-13)24-8-5-15-16(24)21-12-23(17(15)25)11-19(28)6-9-22(10-7-19)18(26)27/h1-5,8,12,28H,6-7,9-11H2,(H,26,27). The Morgan fingerprint density at radius 1 is 1.18 bits per heavy atom. The molecule has 1 saturated heterocycles. The molecule has 0 aliphatic carbocycles. The van der Waals surface area contributed by atoms with Crippen LogP contribution in [0.5, 0.6) is 0 Å². The van der Waals surface area contributed by atoms with Crippen molar-refractivity contribution in [1.29, 1.82) is 0 Å². The maximum atomic E-state index is 13.1. The third-order valence-electron chi connectivity index (χ3n) is 5.20. The summed E-state index contributed by atoms with van der Waals surface area (Å²) >= 11 is 0. The summed E-state index contributed by atoms with van der Waals surface area (Å²) < 4.78 is 16.2. The number of hydrogen-bond acceptors (Lipinski definition) is 4. The van der Waals surface area contributed by atoms with E-state index in [4.69, 9.17) is 5.11 Å². The lowest BCUT2D eigenvalue weighted by Gasteiger charge is -2.37. The van der Waals surface area contributed by atoms with Crippen molar-refractivity contribution in [3.8, 4) is 5.69 Å². The van der Waals surface area contributed by atoms with Gasteiger partial charge in [-0.1, -0.05) is 0 Å². The lowest BCUT2D eigenvalue weighted by molar-refractivity contribution is -0.0303. The van der Waals surface area contributed by atoms with Gasteiger partial charge in [0, 0.05) is 25.0 Å². The molecule has 3 aromatic rings. The Balaban J connectivity index is 1.62. The number of fused-ring (bicyclic) bond motifs is 1. The topological polar surface area (TPSA) is 101 Å². The molecule has 0 radical (unpaired) electrons. The summed E-state index contributed by atoms with van der Waals surface area (Å²) in [6.45, 7) is 0.484. The molecular formula is C19H19FN4O4. The summed E-state index contributed by atoms with van der Waals surface area (Å²) in [5.74, 6) is -0.349. The Morgan fingerprint density at radius 3 is 2.50 bits per heavy atom. The van der Waals surface area contributed by atoms with Gasteiger partial charge >= 0.3 is 6.09 Å². The van der Waals surface area contributed by atoms with Crippen molar-refractivity contribution >= 4 is 17.1 Å². The number of aliphatic hydroxyl groups is 1. The molecule has 2 aromatic heterocycles. The summed E-state index contributed by atoms with van der Waals surface area (Å²) in [5, 5.41) is 20.2. The average molecular weight is 386 g/mol. The number of rotatable bonds is 3. The van der Waals surface area contributed by atoms with Gasteiger partial charge in [-0.05, 0) is 43.2 Å². The zero-order valence-corrected chi connectivity index (χ0v) is 15.0. The van der Waals surface area contributed by atoms with Crippen molar-refractivity contribution < 1.29 is 19.4 Å². The van der Waals surface area contributed by atoms with Gasteiger partial charge in [0.15, 0.2) is 5.65 Å². The molecule has 9 heteroatoms. The van der Waals surface area contributed by atoms with Crippen LogP contribution in [0.15, 0.2) is 47.7 Å². The van der Waals surface area contributed by atoms with E-state index in [-0.39, 0.29) is 43.9 Å². The molecule has 1 aromatic carbocycles. The number of benzene rings is 1. The van der Waals surface area contributed by atoms with Crippen LogP contribution in [0.4, 0.5) is 9.18 Å². The van der Waals surface area contributed by atoms with Crippen molar-refractivity contribution in [2.45, 2.75) is 25.0 Å². The Hall–Kier alpha value is -3.20. The average Bonchev–Trinajstić information content (AvgIpc) is 3.10. The molecule has 1 fully saturated rings. The van der Waals surface area contributed by atoms with E-state index in [9.17, 15) is 19.1 Å². The van der Waals surface area contributed by atoms with Crippen LogP contribution in [-0.2, 0) is 6.54 Å². The monoisotopic (exact) mass is 386 g/mol. The summed E-state index contributed by atoms with van der Waals surface area (Å²) in [7, 11) is 0. The van der Waals surface area contributed by atoms with E-state index in [1.807, 2.05) is 0 Å². The van der Waals surface area contributed by atoms with Crippen LogP contribution in [0.1, 0.15) is 12.8 Å². The third-order valence-corrected chi connectivity index (χ3v) is 5.20. The molecule has 1 aliphatic rings. The maximum absolute atomic E-state index is 13.1. The SMILES string of the molecule is O=C(O)N1CCC(O)(Cn2cnc3c(ccn3-c3ccc(F)cc3)c2=O)CC1. The van der Waals surface area contributed by atoms with E-state index in [1.165, 1.54) is 27.9 Å². The predicted molar refractivity (Wildman–Crippen MR) is 99.1 cm³/mol. The van der Waals surface area contributed by atoms with E-state index in [0.29, 0.717) is 16.7 Å². The van der Waals surface area contributed by atoms with E-state index >= 15 is 0 Å². The normalized spacial score (nSPS) is 16.4. The molecule has 0 unspecified atom stereocenters. The van der Waals surface area contributed by atoms with Crippen molar-refractivity contribution in [3.63, 3.8) is 0 Å². The number of carboxylic acid groups (broad SMARTS) is 1. The highest BCUT2D eigenvalue weighted by molar-refractivity contribution is 5.76. The van der Waals surface area contributed by atoms with Gasteiger partial charge in [-0.25, -0.2) is 14.2 Å². The van der Waals surface area contributed by atoms with Crippen molar-refractivity contribution in [2.75, 3.05) is 13.1 Å². The molecule has 28 heavy (non-hydrogen) atoms. The Kier molecular flexibility index (Phi) is 4.38. The van der Waals surface area contributed by atoms with Gasteiger partial charge < -0.3 is 19.7 Å². The minimum atomic E-state index is -1.16. The van der Waals surface area contributed by atoms with Gasteiger partial charge in [-0.2, -0.15) is 0 Å². The van der Waals surface area contributed by atoms with Crippen LogP contribution in [0, 0.1) is 5.82 Å². The molecule has 8 nitrogen and oxygen atoms in total. The number of nitrogens with zero attached hydrogens (tertiary/aromatic N) is 4. The van der Waals surface area contributed by atoms with Gasteiger partial charge in [0.05, 0.1) is 17.5 Å². The fraction of sp³-hybridized carbons (Fsp3) is 0.316. The number of piperidine rings is 1. The molecular weight excluding hydrogens is 367 g/mol. The van der Waals surface area contributed by atoms with Gasteiger partial charge in [0.2, 0.25) is 0 Å². The molecule has 1 amide bonds. The smallest absolute Gasteiger partial charge is 0.407 e. The van der Waals surface area contributed by atoms with Crippen molar-refractivity contribution in [2.24, 2.45) is 0 Å². The summed E-state index contributed by atoms with van der Waals surface area (Å²) in [6, 6.07) is 7.51. The maximum Gasteiger partial charge on any atom is 0.407 e. The highest BCUT2D eigenvalue weighted by Gasteiger charge is 2.34. The largest absolute Gasteiger partial charge is 0.465 e. The number of halogens is 1. The first-order valence-corrected chi connectivity index (χ1v) is 8.89. The highest BCUT2D eigenvalue weighted by Crippen LogP contribution is 2.24. The van der Waals surface area contributed by atoms with E-state index in [2.05, 4.69) is 4.98 Å².